The van der Waals surface area contributed by atoms with Crippen LogP contribution in [-0.2, 0) is 13.0 Å². The first-order chi connectivity index (χ1) is 9.54. The Balaban J connectivity index is 1.82. The third kappa shape index (κ3) is 2.44. The minimum Gasteiger partial charge on any atom is -0.488 e. The van der Waals surface area contributed by atoms with E-state index >= 15 is 0 Å². The summed E-state index contributed by atoms with van der Waals surface area (Å²) < 4.78 is 21.1. The van der Waals surface area contributed by atoms with Crippen molar-refractivity contribution in [3.63, 3.8) is 0 Å². The first-order valence-corrected chi connectivity index (χ1v) is 7.29. The van der Waals surface area contributed by atoms with Gasteiger partial charge in [0.2, 0.25) is 0 Å². The van der Waals surface area contributed by atoms with Crippen LogP contribution in [0.4, 0.5) is 4.39 Å². The molecule has 20 heavy (non-hydrogen) atoms. The zero-order chi connectivity index (χ0) is 14.3. The molecular formula is C14H12FIN2O2. The molecule has 0 saturated carbocycles. The molecule has 1 unspecified atom stereocenters. The second-order valence-electron chi connectivity index (χ2n) is 4.80. The van der Waals surface area contributed by atoms with Crippen LogP contribution in [0.25, 0.3) is 0 Å². The molecule has 0 amide bonds. The van der Waals surface area contributed by atoms with Gasteiger partial charge in [-0.2, -0.15) is 0 Å². The Labute approximate surface area is 128 Å². The van der Waals surface area contributed by atoms with E-state index < -0.39 is 0 Å². The molecule has 0 fully saturated rings. The number of benzene rings is 1. The number of nitrogens with zero attached hydrogens (tertiary/aromatic N) is 2. The van der Waals surface area contributed by atoms with Gasteiger partial charge in [-0.1, -0.05) is 0 Å². The van der Waals surface area contributed by atoms with Crippen molar-refractivity contribution in [3.8, 4) is 5.75 Å². The lowest BCUT2D eigenvalue weighted by Crippen LogP contribution is -2.31. The van der Waals surface area contributed by atoms with Gasteiger partial charge in [0.05, 0.1) is 22.1 Å². The second kappa shape index (κ2) is 5.16. The van der Waals surface area contributed by atoms with Gasteiger partial charge in [-0.05, 0) is 47.7 Å². The van der Waals surface area contributed by atoms with Gasteiger partial charge >= 0.3 is 0 Å². The molecule has 1 aromatic heterocycles. The summed E-state index contributed by atoms with van der Waals surface area (Å²) in [6, 6.07) is 4.49. The van der Waals surface area contributed by atoms with Crippen molar-refractivity contribution in [2.75, 3.05) is 0 Å². The maximum absolute atomic E-state index is 13.2. The Morgan fingerprint density at radius 1 is 1.55 bits per heavy atom. The van der Waals surface area contributed by atoms with Crippen LogP contribution in [0.1, 0.15) is 11.3 Å². The molecule has 0 bridgehead atoms. The van der Waals surface area contributed by atoms with Crippen molar-refractivity contribution in [2.24, 2.45) is 0 Å². The molecule has 2 aromatic rings. The lowest BCUT2D eigenvalue weighted by Gasteiger charge is -2.13. The van der Waals surface area contributed by atoms with Crippen LogP contribution in [0.3, 0.4) is 0 Å². The highest BCUT2D eigenvalue weighted by Gasteiger charge is 2.24. The Bertz CT molecular complexity index is 730. The first kappa shape index (κ1) is 13.5. The second-order valence-corrected chi connectivity index (χ2v) is 5.88. The lowest BCUT2D eigenvalue weighted by atomic mass is 10.1. The Morgan fingerprint density at radius 3 is 3.15 bits per heavy atom. The Kier molecular flexibility index (Phi) is 3.49. The molecule has 0 N–H and O–H groups in total. The van der Waals surface area contributed by atoms with E-state index in [1.165, 1.54) is 18.5 Å². The van der Waals surface area contributed by atoms with Crippen LogP contribution in [0.15, 0.2) is 29.3 Å². The van der Waals surface area contributed by atoms with E-state index in [0.29, 0.717) is 22.3 Å². The molecule has 6 heteroatoms. The monoisotopic (exact) mass is 386 g/mol. The zero-order valence-electron chi connectivity index (χ0n) is 10.8. The Hall–Kier alpha value is -1.44. The molecule has 1 atom stereocenters. The van der Waals surface area contributed by atoms with Gasteiger partial charge in [-0.25, -0.2) is 9.37 Å². The van der Waals surface area contributed by atoms with Gasteiger partial charge in [0.1, 0.15) is 17.7 Å². The molecule has 1 aliphatic heterocycles. The predicted molar refractivity (Wildman–Crippen MR) is 80.5 cm³/mol. The largest absolute Gasteiger partial charge is 0.488 e. The molecular weight excluding hydrogens is 374 g/mol. The van der Waals surface area contributed by atoms with Crippen molar-refractivity contribution < 1.29 is 9.13 Å². The van der Waals surface area contributed by atoms with E-state index in [0.717, 1.165) is 11.3 Å². The number of ether oxygens (including phenoxy) is 1. The summed E-state index contributed by atoms with van der Waals surface area (Å²) in [7, 11) is 0. The maximum atomic E-state index is 13.2. The van der Waals surface area contributed by atoms with E-state index in [2.05, 4.69) is 4.98 Å². The summed E-state index contributed by atoms with van der Waals surface area (Å²) in [5.41, 5.74) is 1.51. The summed E-state index contributed by atoms with van der Waals surface area (Å²) >= 11 is 2.00. The number of halogens is 2. The van der Waals surface area contributed by atoms with E-state index in [1.54, 1.807) is 17.6 Å². The maximum Gasteiger partial charge on any atom is 0.267 e. The minimum absolute atomic E-state index is 0.0659. The summed E-state index contributed by atoms with van der Waals surface area (Å²) in [4.78, 5) is 16.3. The van der Waals surface area contributed by atoms with Crippen molar-refractivity contribution in [3.05, 3.63) is 55.5 Å². The number of rotatable bonds is 2. The standard InChI is InChI=1S/C14H12FIN2O2/c1-8-13(16)14(19)18(7-17-8)6-11-5-9-4-10(15)2-3-12(9)20-11/h2-4,7,11H,5-6H2,1H3. The average molecular weight is 386 g/mol. The topological polar surface area (TPSA) is 44.1 Å². The molecule has 2 heterocycles. The molecule has 4 nitrogen and oxygen atoms in total. The van der Waals surface area contributed by atoms with Crippen LogP contribution >= 0.6 is 22.6 Å². The number of aryl methyl sites for hydroxylation is 1. The summed E-state index contributed by atoms with van der Waals surface area (Å²) in [6.07, 6.45) is 1.97. The van der Waals surface area contributed by atoms with E-state index in [9.17, 15) is 9.18 Å². The third-order valence-electron chi connectivity index (χ3n) is 3.32. The number of hydrogen-bond acceptors (Lipinski definition) is 3. The highest BCUT2D eigenvalue weighted by Crippen LogP contribution is 2.29. The van der Waals surface area contributed by atoms with Gasteiger partial charge in [0.25, 0.3) is 5.56 Å². The molecule has 0 spiro atoms. The van der Waals surface area contributed by atoms with E-state index in [1.807, 2.05) is 22.6 Å². The average Bonchev–Trinajstić information content (AvgIpc) is 2.81. The van der Waals surface area contributed by atoms with Crippen molar-refractivity contribution in [1.29, 1.82) is 0 Å². The SMILES string of the molecule is Cc1ncn(CC2Cc3cc(F)ccc3O2)c(=O)c1I. The van der Waals surface area contributed by atoms with Crippen molar-refractivity contribution in [2.45, 2.75) is 26.0 Å². The predicted octanol–water partition coefficient (Wildman–Crippen LogP) is 2.30. The van der Waals surface area contributed by atoms with Crippen molar-refractivity contribution >= 4 is 22.6 Å². The third-order valence-corrected chi connectivity index (χ3v) is 4.56. The molecule has 3 rings (SSSR count). The molecule has 104 valence electrons. The summed E-state index contributed by atoms with van der Waals surface area (Å²) in [5, 5.41) is 0. The molecule has 0 saturated heterocycles. The smallest absolute Gasteiger partial charge is 0.267 e. The first-order valence-electron chi connectivity index (χ1n) is 6.21. The fraction of sp³-hybridized carbons (Fsp3) is 0.286. The van der Waals surface area contributed by atoms with E-state index in [4.69, 9.17) is 4.74 Å². The summed E-state index contributed by atoms with van der Waals surface area (Å²) in [5.74, 6) is 0.427. The summed E-state index contributed by atoms with van der Waals surface area (Å²) in [6.45, 7) is 2.22. The van der Waals surface area contributed by atoms with Gasteiger partial charge < -0.3 is 4.74 Å². The van der Waals surface area contributed by atoms with Gasteiger partial charge in [-0.3, -0.25) is 9.36 Å². The fourth-order valence-electron chi connectivity index (χ4n) is 2.29. The molecule has 0 radical (unpaired) electrons. The highest BCUT2D eigenvalue weighted by atomic mass is 127. The number of aromatic nitrogens is 2. The van der Waals surface area contributed by atoms with Crippen LogP contribution in [-0.4, -0.2) is 15.7 Å². The normalized spacial score (nSPS) is 16.9. The number of fused-ring (bicyclic) bond motifs is 1. The quantitative estimate of drug-likeness (QED) is 0.745. The Morgan fingerprint density at radius 2 is 2.35 bits per heavy atom. The number of hydrogen-bond donors (Lipinski definition) is 0. The zero-order valence-corrected chi connectivity index (χ0v) is 12.9. The van der Waals surface area contributed by atoms with Gasteiger partial charge in [-0.15, -0.1) is 0 Å². The van der Waals surface area contributed by atoms with Crippen LogP contribution in [0, 0.1) is 16.3 Å². The minimum atomic E-state index is -0.267. The van der Waals surface area contributed by atoms with Crippen LogP contribution in [0.2, 0.25) is 0 Å². The fourth-order valence-corrected chi connectivity index (χ4v) is 2.74. The van der Waals surface area contributed by atoms with Crippen LogP contribution < -0.4 is 10.3 Å². The van der Waals surface area contributed by atoms with E-state index in [-0.39, 0.29) is 17.5 Å². The van der Waals surface area contributed by atoms with Crippen molar-refractivity contribution in [1.82, 2.24) is 9.55 Å². The molecule has 1 aromatic carbocycles. The molecule has 1 aliphatic rings. The lowest BCUT2D eigenvalue weighted by molar-refractivity contribution is 0.206. The van der Waals surface area contributed by atoms with Crippen LogP contribution in [0.5, 0.6) is 5.75 Å². The molecule has 0 aliphatic carbocycles. The van der Waals surface area contributed by atoms with Gasteiger partial charge in [0.15, 0.2) is 0 Å². The highest BCUT2D eigenvalue weighted by molar-refractivity contribution is 14.1. The van der Waals surface area contributed by atoms with Gasteiger partial charge in [0, 0.05) is 12.0 Å².